The van der Waals surface area contributed by atoms with Crippen molar-refractivity contribution < 1.29 is 4.74 Å². The summed E-state index contributed by atoms with van der Waals surface area (Å²) in [6.07, 6.45) is 4.18. The molecule has 0 aromatic carbocycles. The van der Waals surface area contributed by atoms with Crippen LogP contribution in [-0.2, 0) is 16.7 Å². The van der Waals surface area contributed by atoms with Gasteiger partial charge in [0.1, 0.15) is 5.01 Å². The van der Waals surface area contributed by atoms with Crippen molar-refractivity contribution in [1.29, 1.82) is 0 Å². The minimum absolute atomic E-state index is 0.267. The fourth-order valence-electron chi connectivity index (χ4n) is 1.75. The second-order valence-corrected chi connectivity index (χ2v) is 5.11. The van der Waals surface area contributed by atoms with Gasteiger partial charge in [-0.1, -0.05) is 6.92 Å². The smallest absolute Gasteiger partial charge is 0.106 e. The number of hydrogen-bond donors (Lipinski definition) is 1. The third kappa shape index (κ3) is 1.82. The Bertz CT molecular complexity index is 305. The molecule has 0 unspecified atom stereocenters. The Kier molecular flexibility index (Phi) is 2.85. The first kappa shape index (κ1) is 10.1. The van der Waals surface area contributed by atoms with Gasteiger partial charge in [-0.2, -0.15) is 0 Å². The van der Waals surface area contributed by atoms with Gasteiger partial charge in [0.05, 0.1) is 0 Å². The summed E-state index contributed by atoms with van der Waals surface area (Å²) in [7, 11) is 0. The average Bonchev–Trinajstić information content (AvgIpc) is 2.67. The lowest BCUT2D eigenvalue weighted by molar-refractivity contribution is 0.0575. The number of rotatable bonds is 2. The van der Waals surface area contributed by atoms with Crippen LogP contribution in [0.5, 0.6) is 0 Å². The molecule has 78 valence electrons. The Labute approximate surface area is 88.3 Å². The van der Waals surface area contributed by atoms with Crippen molar-refractivity contribution in [3.8, 4) is 0 Å². The lowest BCUT2D eigenvalue weighted by Gasteiger charge is -2.32. The standard InChI is InChI=1S/C10H16N2OS/c1-10(2-4-13-5-3-10)8-7-12-9(6-11)14-8/h7H,2-6,11H2,1H3. The molecule has 0 atom stereocenters. The highest BCUT2D eigenvalue weighted by atomic mass is 32.1. The first-order valence-corrected chi connectivity index (χ1v) is 5.79. The highest BCUT2D eigenvalue weighted by molar-refractivity contribution is 7.11. The van der Waals surface area contributed by atoms with E-state index < -0.39 is 0 Å². The minimum Gasteiger partial charge on any atom is -0.381 e. The molecule has 1 saturated heterocycles. The molecule has 1 aliphatic rings. The van der Waals surface area contributed by atoms with Crippen LogP contribution in [0.3, 0.4) is 0 Å². The SMILES string of the molecule is CC1(c2cnc(CN)s2)CCOCC1. The summed E-state index contributed by atoms with van der Waals surface area (Å²) >= 11 is 1.75. The minimum atomic E-state index is 0.267. The summed E-state index contributed by atoms with van der Waals surface area (Å²) in [6, 6.07) is 0. The predicted octanol–water partition coefficient (Wildman–Crippen LogP) is 1.67. The number of thiazole rings is 1. The molecule has 0 radical (unpaired) electrons. The van der Waals surface area contributed by atoms with Gasteiger partial charge < -0.3 is 10.5 Å². The van der Waals surface area contributed by atoms with Crippen molar-refractivity contribution in [3.63, 3.8) is 0 Å². The van der Waals surface area contributed by atoms with E-state index in [1.54, 1.807) is 11.3 Å². The van der Waals surface area contributed by atoms with E-state index in [9.17, 15) is 0 Å². The third-order valence-corrected chi connectivity index (χ3v) is 4.25. The van der Waals surface area contributed by atoms with Crippen LogP contribution in [0.1, 0.15) is 29.7 Å². The zero-order valence-electron chi connectivity index (χ0n) is 8.45. The first-order chi connectivity index (χ1) is 6.74. The van der Waals surface area contributed by atoms with E-state index >= 15 is 0 Å². The maximum Gasteiger partial charge on any atom is 0.106 e. The molecular weight excluding hydrogens is 196 g/mol. The van der Waals surface area contributed by atoms with Crippen molar-refractivity contribution in [1.82, 2.24) is 4.98 Å². The molecule has 0 amide bonds. The Morgan fingerprint density at radius 3 is 2.86 bits per heavy atom. The molecule has 14 heavy (non-hydrogen) atoms. The van der Waals surface area contributed by atoms with Crippen molar-refractivity contribution in [2.75, 3.05) is 13.2 Å². The fraction of sp³-hybridized carbons (Fsp3) is 0.700. The van der Waals surface area contributed by atoms with E-state index in [0.29, 0.717) is 6.54 Å². The zero-order chi connectivity index (χ0) is 10.0. The average molecular weight is 212 g/mol. The summed E-state index contributed by atoms with van der Waals surface area (Å²) in [5.41, 5.74) is 5.83. The van der Waals surface area contributed by atoms with E-state index in [-0.39, 0.29) is 5.41 Å². The summed E-state index contributed by atoms with van der Waals surface area (Å²) in [5, 5.41) is 1.03. The van der Waals surface area contributed by atoms with Crippen LogP contribution in [0.4, 0.5) is 0 Å². The van der Waals surface area contributed by atoms with Gasteiger partial charge in [-0.15, -0.1) is 11.3 Å². The molecule has 2 N–H and O–H groups in total. The Morgan fingerprint density at radius 1 is 1.57 bits per heavy atom. The molecule has 3 nitrogen and oxygen atoms in total. The monoisotopic (exact) mass is 212 g/mol. The van der Waals surface area contributed by atoms with Gasteiger partial charge in [0.2, 0.25) is 0 Å². The summed E-state index contributed by atoms with van der Waals surface area (Å²) in [4.78, 5) is 5.67. The van der Waals surface area contributed by atoms with Gasteiger partial charge in [0.25, 0.3) is 0 Å². The van der Waals surface area contributed by atoms with Gasteiger partial charge in [0.15, 0.2) is 0 Å². The van der Waals surface area contributed by atoms with Gasteiger partial charge in [-0.05, 0) is 12.8 Å². The van der Waals surface area contributed by atoms with E-state index in [0.717, 1.165) is 31.1 Å². The van der Waals surface area contributed by atoms with E-state index in [1.165, 1.54) is 4.88 Å². The summed E-state index contributed by atoms with van der Waals surface area (Å²) < 4.78 is 5.38. The Morgan fingerprint density at radius 2 is 2.29 bits per heavy atom. The van der Waals surface area contributed by atoms with Gasteiger partial charge >= 0.3 is 0 Å². The van der Waals surface area contributed by atoms with Crippen LogP contribution in [-0.4, -0.2) is 18.2 Å². The largest absolute Gasteiger partial charge is 0.381 e. The summed E-state index contributed by atoms with van der Waals surface area (Å²) in [6.45, 7) is 4.58. The fourth-order valence-corrected chi connectivity index (χ4v) is 2.75. The number of hydrogen-bond acceptors (Lipinski definition) is 4. The van der Waals surface area contributed by atoms with Crippen LogP contribution in [0.2, 0.25) is 0 Å². The molecule has 1 aromatic rings. The quantitative estimate of drug-likeness (QED) is 0.811. The molecule has 0 spiro atoms. The molecule has 2 rings (SSSR count). The molecule has 0 aliphatic carbocycles. The third-order valence-electron chi connectivity index (χ3n) is 2.92. The highest BCUT2D eigenvalue weighted by Gasteiger charge is 2.31. The topological polar surface area (TPSA) is 48.1 Å². The second kappa shape index (κ2) is 3.96. The highest BCUT2D eigenvalue weighted by Crippen LogP contribution is 2.37. The Hall–Kier alpha value is -0.450. The van der Waals surface area contributed by atoms with Crippen molar-refractivity contribution in [3.05, 3.63) is 16.1 Å². The summed E-state index contributed by atoms with van der Waals surface area (Å²) in [5.74, 6) is 0. The normalized spacial score (nSPS) is 21.0. The van der Waals surface area contributed by atoms with Crippen LogP contribution in [0.15, 0.2) is 6.20 Å². The molecule has 4 heteroatoms. The lowest BCUT2D eigenvalue weighted by Crippen LogP contribution is -2.29. The van der Waals surface area contributed by atoms with Crippen LogP contribution in [0, 0.1) is 0 Å². The van der Waals surface area contributed by atoms with Crippen LogP contribution < -0.4 is 5.73 Å². The lowest BCUT2D eigenvalue weighted by atomic mass is 9.81. The van der Waals surface area contributed by atoms with E-state index in [4.69, 9.17) is 10.5 Å². The number of nitrogens with zero attached hydrogens (tertiary/aromatic N) is 1. The van der Waals surface area contributed by atoms with Gasteiger partial charge in [-0.3, -0.25) is 0 Å². The zero-order valence-corrected chi connectivity index (χ0v) is 9.27. The molecule has 1 aromatic heterocycles. The number of ether oxygens (including phenoxy) is 1. The van der Waals surface area contributed by atoms with Crippen molar-refractivity contribution in [2.24, 2.45) is 5.73 Å². The number of nitrogens with two attached hydrogens (primary N) is 1. The molecular formula is C10H16N2OS. The van der Waals surface area contributed by atoms with Gasteiger partial charge in [0, 0.05) is 36.2 Å². The van der Waals surface area contributed by atoms with E-state index in [2.05, 4.69) is 11.9 Å². The number of aromatic nitrogens is 1. The maximum absolute atomic E-state index is 5.56. The van der Waals surface area contributed by atoms with Gasteiger partial charge in [-0.25, -0.2) is 4.98 Å². The van der Waals surface area contributed by atoms with E-state index in [1.807, 2.05) is 6.20 Å². The van der Waals surface area contributed by atoms with Crippen LogP contribution in [0.25, 0.3) is 0 Å². The Balaban J connectivity index is 2.19. The molecule has 1 aliphatic heterocycles. The predicted molar refractivity (Wildman–Crippen MR) is 57.4 cm³/mol. The first-order valence-electron chi connectivity index (χ1n) is 4.97. The molecule has 2 heterocycles. The van der Waals surface area contributed by atoms with Crippen molar-refractivity contribution >= 4 is 11.3 Å². The maximum atomic E-state index is 5.56. The molecule has 0 bridgehead atoms. The van der Waals surface area contributed by atoms with Crippen LogP contribution >= 0.6 is 11.3 Å². The van der Waals surface area contributed by atoms with Crippen molar-refractivity contribution in [2.45, 2.75) is 31.7 Å². The molecule has 0 saturated carbocycles. The second-order valence-electron chi connectivity index (χ2n) is 4.00. The molecule has 1 fully saturated rings.